The Morgan fingerprint density at radius 1 is 1.40 bits per heavy atom. The fraction of sp³-hybridized carbons (Fsp3) is 0.917. The van der Waals surface area contributed by atoms with Gasteiger partial charge in [-0.2, -0.15) is 0 Å². The molecule has 0 bridgehead atoms. The maximum atomic E-state index is 11.4. The summed E-state index contributed by atoms with van der Waals surface area (Å²) in [4.78, 5) is 11.4. The van der Waals surface area contributed by atoms with Crippen molar-refractivity contribution in [2.24, 2.45) is 11.3 Å². The average molecular weight is 212 g/mol. The number of epoxide rings is 1. The molecular formula is C12H20O3. The van der Waals surface area contributed by atoms with Crippen molar-refractivity contribution in [3.8, 4) is 0 Å². The van der Waals surface area contributed by atoms with Crippen LogP contribution in [0.1, 0.15) is 40.0 Å². The highest BCUT2D eigenvalue weighted by molar-refractivity contribution is 5.79. The molecule has 3 heteroatoms. The van der Waals surface area contributed by atoms with Crippen molar-refractivity contribution in [1.82, 2.24) is 0 Å². The van der Waals surface area contributed by atoms with Crippen LogP contribution in [0.5, 0.6) is 0 Å². The summed E-state index contributed by atoms with van der Waals surface area (Å²) in [5.74, 6) is 0.420. The monoisotopic (exact) mass is 212 g/mol. The maximum Gasteiger partial charge on any atom is 0.338 e. The normalized spacial score (nSPS) is 42.7. The zero-order chi connectivity index (χ0) is 11.3. The minimum Gasteiger partial charge on any atom is -0.467 e. The highest BCUT2D eigenvalue weighted by atomic mass is 16.7. The third kappa shape index (κ3) is 1.89. The van der Waals surface area contributed by atoms with Crippen LogP contribution in [0.4, 0.5) is 0 Å². The first-order valence-corrected chi connectivity index (χ1v) is 5.64. The van der Waals surface area contributed by atoms with Gasteiger partial charge >= 0.3 is 5.97 Å². The molecule has 1 aliphatic carbocycles. The Morgan fingerprint density at radius 3 is 2.60 bits per heavy atom. The van der Waals surface area contributed by atoms with E-state index in [9.17, 15) is 4.79 Å². The largest absolute Gasteiger partial charge is 0.467 e. The Kier molecular flexibility index (Phi) is 2.34. The van der Waals surface area contributed by atoms with Crippen molar-refractivity contribution in [2.45, 2.75) is 51.7 Å². The SMILES string of the molecule is COC(=O)C1OC12CC(C)CC(C)(C)C2. The first-order valence-electron chi connectivity index (χ1n) is 5.64. The number of methoxy groups -OCH3 is 1. The molecular weight excluding hydrogens is 192 g/mol. The molecule has 1 spiro atoms. The van der Waals surface area contributed by atoms with E-state index < -0.39 is 0 Å². The van der Waals surface area contributed by atoms with Crippen molar-refractivity contribution < 1.29 is 14.3 Å². The molecule has 3 nitrogen and oxygen atoms in total. The van der Waals surface area contributed by atoms with Crippen LogP contribution in [-0.2, 0) is 14.3 Å². The number of hydrogen-bond acceptors (Lipinski definition) is 3. The summed E-state index contributed by atoms with van der Waals surface area (Å²) < 4.78 is 10.4. The van der Waals surface area contributed by atoms with Gasteiger partial charge in [0, 0.05) is 0 Å². The average Bonchev–Trinajstić information content (AvgIpc) is 2.73. The van der Waals surface area contributed by atoms with Crippen LogP contribution < -0.4 is 0 Å². The lowest BCUT2D eigenvalue weighted by molar-refractivity contribution is -0.142. The van der Waals surface area contributed by atoms with Crippen LogP contribution in [0.2, 0.25) is 0 Å². The van der Waals surface area contributed by atoms with Gasteiger partial charge in [0.05, 0.1) is 7.11 Å². The van der Waals surface area contributed by atoms with Gasteiger partial charge in [0.2, 0.25) is 0 Å². The lowest BCUT2D eigenvalue weighted by Crippen LogP contribution is -2.36. The highest BCUT2D eigenvalue weighted by Gasteiger charge is 2.64. The van der Waals surface area contributed by atoms with Gasteiger partial charge in [-0.3, -0.25) is 0 Å². The Morgan fingerprint density at radius 2 is 2.07 bits per heavy atom. The topological polar surface area (TPSA) is 38.8 Å². The molecule has 3 atom stereocenters. The standard InChI is InChI=1S/C12H20O3/c1-8-5-11(2,3)7-12(6-8)9(15-12)10(13)14-4/h8-9H,5-7H2,1-4H3. The van der Waals surface area contributed by atoms with E-state index in [2.05, 4.69) is 20.8 Å². The van der Waals surface area contributed by atoms with E-state index in [0.717, 1.165) is 12.8 Å². The van der Waals surface area contributed by atoms with Crippen LogP contribution >= 0.6 is 0 Å². The fourth-order valence-electron chi connectivity index (χ4n) is 3.42. The van der Waals surface area contributed by atoms with Crippen LogP contribution in [-0.4, -0.2) is 24.8 Å². The Hall–Kier alpha value is -0.570. The Bertz CT molecular complexity index is 285. The van der Waals surface area contributed by atoms with Crippen molar-refractivity contribution in [3.05, 3.63) is 0 Å². The van der Waals surface area contributed by atoms with E-state index in [1.165, 1.54) is 13.5 Å². The summed E-state index contributed by atoms with van der Waals surface area (Å²) in [6.45, 7) is 6.74. The molecule has 0 amide bonds. The molecule has 2 rings (SSSR count). The second-order valence-electron chi connectivity index (χ2n) is 5.94. The zero-order valence-corrected chi connectivity index (χ0v) is 10.0. The second-order valence-corrected chi connectivity index (χ2v) is 5.94. The van der Waals surface area contributed by atoms with Crippen molar-refractivity contribution in [2.75, 3.05) is 7.11 Å². The summed E-state index contributed by atoms with van der Waals surface area (Å²) in [6, 6.07) is 0. The van der Waals surface area contributed by atoms with Gasteiger partial charge in [0.25, 0.3) is 0 Å². The number of ether oxygens (including phenoxy) is 2. The van der Waals surface area contributed by atoms with E-state index in [4.69, 9.17) is 9.47 Å². The predicted molar refractivity (Wildman–Crippen MR) is 56.4 cm³/mol. The number of carbonyl (C=O) groups excluding carboxylic acids is 1. The second kappa shape index (κ2) is 3.21. The molecule has 3 unspecified atom stereocenters. The van der Waals surface area contributed by atoms with E-state index in [1.807, 2.05) is 0 Å². The number of rotatable bonds is 1. The zero-order valence-electron chi connectivity index (χ0n) is 10.0. The third-order valence-corrected chi connectivity index (χ3v) is 3.56. The minimum absolute atomic E-state index is 0.200. The summed E-state index contributed by atoms with van der Waals surface area (Å²) >= 11 is 0. The van der Waals surface area contributed by atoms with E-state index in [0.29, 0.717) is 5.92 Å². The summed E-state index contributed by atoms with van der Waals surface area (Å²) in [5, 5.41) is 0. The summed E-state index contributed by atoms with van der Waals surface area (Å²) in [6.07, 6.45) is 2.89. The van der Waals surface area contributed by atoms with Gasteiger partial charge in [-0.15, -0.1) is 0 Å². The van der Waals surface area contributed by atoms with Crippen LogP contribution in [0.25, 0.3) is 0 Å². The molecule has 1 aliphatic heterocycles. The first-order chi connectivity index (χ1) is 6.88. The first kappa shape index (κ1) is 10.9. The minimum atomic E-state index is -0.301. The third-order valence-electron chi connectivity index (χ3n) is 3.56. The molecule has 0 aromatic rings. The van der Waals surface area contributed by atoms with Gasteiger partial charge in [-0.1, -0.05) is 20.8 Å². The molecule has 1 saturated heterocycles. The van der Waals surface area contributed by atoms with Gasteiger partial charge in [-0.05, 0) is 30.6 Å². The summed E-state index contributed by atoms with van der Waals surface area (Å²) in [7, 11) is 1.43. The van der Waals surface area contributed by atoms with Gasteiger partial charge in [0.15, 0.2) is 6.10 Å². The molecule has 15 heavy (non-hydrogen) atoms. The van der Waals surface area contributed by atoms with Gasteiger partial charge in [-0.25, -0.2) is 4.79 Å². The quantitative estimate of drug-likeness (QED) is 0.494. The van der Waals surface area contributed by atoms with Crippen molar-refractivity contribution in [3.63, 3.8) is 0 Å². The summed E-state index contributed by atoms with van der Waals surface area (Å²) in [5.41, 5.74) is 0.0781. The lowest BCUT2D eigenvalue weighted by Gasteiger charge is -2.37. The number of esters is 1. The van der Waals surface area contributed by atoms with Crippen LogP contribution in [0, 0.1) is 11.3 Å². The number of carbonyl (C=O) groups is 1. The smallest absolute Gasteiger partial charge is 0.338 e. The highest BCUT2D eigenvalue weighted by Crippen LogP contribution is 2.55. The molecule has 0 aromatic carbocycles. The predicted octanol–water partition coefficient (Wildman–Crippen LogP) is 2.14. The molecule has 86 valence electrons. The van der Waals surface area contributed by atoms with Crippen molar-refractivity contribution in [1.29, 1.82) is 0 Å². The van der Waals surface area contributed by atoms with Gasteiger partial charge < -0.3 is 9.47 Å². The van der Waals surface area contributed by atoms with E-state index in [1.54, 1.807) is 0 Å². The molecule has 1 saturated carbocycles. The molecule has 1 heterocycles. The molecule has 0 radical (unpaired) electrons. The Balaban J connectivity index is 2.09. The molecule has 2 aliphatic rings. The molecule has 0 aromatic heterocycles. The van der Waals surface area contributed by atoms with E-state index in [-0.39, 0.29) is 23.1 Å². The van der Waals surface area contributed by atoms with Crippen LogP contribution in [0.15, 0.2) is 0 Å². The lowest BCUT2D eigenvalue weighted by atomic mass is 9.67. The molecule has 0 N–H and O–H groups in total. The van der Waals surface area contributed by atoms with Crippen molar-refractivity contribution >= 4 is 5.97 Å². The Labute approximate surface area is 91.1 Å². The number of hydrogen-bond donors (Lipinski definition) is 0. The fourth-order valence-corrected chi connectivity index (χ4v) is 3.42. The van der Waals surface area contributed by atoms with Gasteiger partial charge in [0.1, 0.15) is 5.60 Å². The maximum absolute atomic E-state index is 11.4. The van der Waals surface area contributed by atoms with Crippen LogP contribution in [0.3, 0.4) is 0 Å². The van der Waals surface area contributed by atoms with E-state index >= 15 is 0 Å². The molecule has 2 fully saturated rings.